The Bertz CT molecular complexity index is 699. The number of carbonyl (C=O) groups is 2. The summed E-state index contributed by atoms with van der Waals surface area (Å²) in [5.41, 5.74) is 1.75. The highest BCUT2D eigenvalue weighted by Crippen LogP contribution is 2.55. The standard InChI is InChI=1S/C18H23NO2.C2H2O4/c1-2-16-17(21-11-20-16)6-12(1)10-19-18-7-13-3-14(8-18)5-15(4-13)9-18;3-1(4)2(5)6/h1-2,6,13-15,19H,3-5,7-11H2;(H,3,4)(H,5,6). The summed E-state index contributed by atoms with van der Waals surface area (Å²) in [6.45, 7) is 1.32. The normalized spacial score (nSPS) is 31.9. The molecule has 0 saturated heterocycles. The van der Waals surface area contributed by atoms with Crippen LogP contribution in [0.25, 0.3) is 0 Å². The second kappa shape index (κ2) is 7.03. The lowest BCUT2D eigenvalue weighted by Crippen LogP contribution is -2.58. The number of rotatable bonds is 3. The van der Waals surface area contributed by atoms with Gasteiger partial charge < -0.3 is 25.0 Å². The SMILES string of the molecule is O=C(O)C(=O)O.c1cc2c(cc1CNC13CC4CC(CC(C4)C1)C3)OCO2. The van der Waals surface area contributed by atoms with Gasteiger partial charge in [0.15, 0.2) is 11.5 Å². The van der Waals surface area contributed by atoms with Gasteiger partial charge in [0.05, 0.1) is 0 Å². The van der Waals surface area contributed by atoms with Gasteiger partial charge in [-0.2, -0.15) is 0 Å². The molecule has 0 atom stereocenters. The van der Waals surface area contributed by atoms with Gasteiger partial charge in [-0.25, -0.2) is 9.59 Å². The van der Waals surface area contributed by atoms with Crippen LogP contribution < -0.4 is 14.8 Å². The highest BCUT2D eigenvalue weighted by molar-refractivity contribution is 6.27. The number of fused-ring (bicyclic) bond motifs is 1. The van der Waals surface area contributed by atoms with Crippen LogP contribution in [0, 0.1) is 17.8 Å². The van der Waals surface area contributed by atoms with Crippen LogP contribution >= 0.6 is 0 Å². The maximum absolute atomic E-state index is 9.10. The molecule has 6 rings (SSSR count). The molecule has 4 bridgehead atoms. The van der Waals surface area contributed by atoms with E-state index >= 15 is 0 Å². The van der Waals surface area contributed by atoms with E-state index in [1.54, 1.807) is 0 Å². The Labute approximate surface area is 157 Å². The van der Waals surface area contributed by atoms with E-state index in [1.807, 2.05) is 6.07 Å². The Kier molecular flexibility index (Phi) is 4.72. The minimum atomic E-state index is -1.82. The van der Waals surface area contributed by atoms with Gasteiger partial charge in [-0.05, 0) is 74.0 Å². The van der Waals surface area contributed by atoms with Crippen LogP contribution in [0.5, 0.6) is 11.5 Å². The van der Waals surface area contributed by atoms with Crippen molar-refractivity contribution in [2.24, 2.45) is 17.8 Å². The molecule has 4 saturated carbocycles. The van der Waals surface area contributed by atoms with E-state index in [1.165, 1.54) is 44.1 Å². The molecule has 0 unspecified atom stereocenters. The van der Waals surface area contributed by atoms with Crippen LogP contribution in [-0.4, -0.2) is 34.5 Å². The Morgan fingerprint density at radius 1 is 0.963 bits per heavy atom. The van der Waals surface area contributed by atoms with Crippen molar-refractivity contribution in [3.8, 4) is 11.5 Å². The number of hydrogen-bond donors (Lipinski definition) is 3. The molecule has 0 aromatic heterocycles. The zero-order valence-corrected chi connectivity index (χ0v) is 15.1. The van der Waals surface area contributed by atoms with Crippen LogP contribution in [-0.2, 0) is 16.1 Å². The van der Waals surface area contributed by atoms with Crippen molar-refractivity contribution < 1.29 is 29.3 Å². The van der Waals surface area contributed by atoms with Crippen LogP contribution in [0.3, 0.4) is 0 Å². The molecule has 7 heteroatoms. The summed E-state index contributed by atoms with van der Waals surface area (Å²) >= 11 is 0. The molecule has 1 aliphatic heterocycles. The first-order valence-electron chi connectivity index (χ1n) is 9.52. The van der Waals surface area contributed by atoms with E-state index in [-0.39, 0.29) is 0 Å². The summed E-state index contributed by atoms with van der Waals surface area (Å²) in [6.07, 6.45) is 8.73. The Hall–Kier alpha value is -2.28. The minimum Gasteiger partial charge on any atom is -0.473 e. The predicted molar refractivity (Wildman–Crippen MR) is 95.6 cm³/mol. The highest BCUT2D eigenvalue weighted by atomic mass is 16.7. The molecule has 146 valence electrons. The van der Waals surface area contributed by atoms with Crippen LogP contribution in [0.4, 0.5) is 0 Å². The number of hydrogen-bond acceptors (Lipinski definition) is 5. The Morgan fingerprint density at radius 3 is 2.07 bits per heavy atom. The fraction of sp³-hybridized carbons (Fsp3) is 0.600. The summed E-state index contributed by atoms with van der Waals surface area (Å²) < 4.78 is 10.9. The summed E-state index contributed by atoms with van der Waals surface area (Å²) in [6, 6.07) is 6.34. The van der Waals surface area contributed by atoms with Crippen molar-refractivity contribution in [2.75, 3.05) is 6.79 Å². The molecule has 3 N–H and O–H groups in total. The van der Waals surface area contributed by atoms with Crippen molar-refractivity contribution in [1.82, 2.24) is 5.32 Å². The lowest BCUT2D eigenvalue weighted by Gasteiger charge is -2.57. The average Bonchev–Trinajstić information content (AvgIpc) is 3.07. The first-order chi connectivity index (χ1) is 12.9. The van der Waals surface area contributed by atoms with E-state index in [0.717, 1.165) is 35.8 Å². The molecule has 4 fully saturated rings. The first-order valence-corrected chi connectivity index (χ1v) is 9.52. The number of carboxylic acid groups (broad SMARTS) is 2. The largest absolute Gasteiger partial charge is 0.473 e. The molecule has 1 heterocycles. The van der Waals surface area contributed by atoms with Gasteiger partial charge in [0.1, 0.15) is 0 Å². The summed E-state index contributed by atoms with van der Waals surface area (Å²) in [7, 11) is 0. The molecule has 0 radical (unpaired) electrons. The van der Waals surface area contributed by atoms with Crippen LogP contribution in [0.2, 0.25) is 0 Å². The highest BCUT2D eigenvalue weighted by Gasteiger charge is 2.50. The van der Waals surface area contributed by atoms with Crippen molar-refractivity contribution in [2.45, 2.75) is 50.6 Å². The molecule has 0 spiro atoms. The molecule has 0 amide bonds. The molecule has 4 aliphatic carbocycles. The topological polar surface area (TPSA) is 105 Å². The number of aliphatic carboxylic acids is 2. The van der Waals surface area contributed by atoms with Gasteiger partial charge in [-0.1, -0.05) is 6.07 Å². The van der Waals surface area contributed by atoms with E-state index in [0.29, 0.717) is 12.3 Å². The molecular weight excluding hydrogens is 350 g/mol. The number of nitrogens with one attached hydrogen (secondary N) is 1. The summed E-state index contributed by atoms with van der Waals surface area (Å²) in [5.74, 6) is 1.14. The summed E-state index contributed by atoms with van der Waals surface area (Å²) in [5, 5.41) is 18.7. The first kappa shape index (κ1) is 18.1. The fourth-order valence-corrected chi connectivity index (χ4v) is 5.67. The average molecular weight is 375 g/mol. The Balaban J connectivity index is 0.000000264. The summed E-state index contributed by atoms with van der Waals surface area (Å²) in [4.78, 5) is 18.2. The third-order valence-corrected chi connectivity index (χ3v) is 6.33. The zero-order chi connectivity index (χ0) is 19.0. The van der Waals surface area contributed by atoms with Gasteiger partial charge in [0.2, 0.25) is 6.79 Å². The molecule has 1 aromatic carbocycles. The van der Waals surface area contributed by atoms with Crippen molar-refractivity contribution >= 4 is 11.9 Å². The quantitative estimate of drug-likeness (QED) is 0.698. The zero-order valence-electron chi connectivity index (χ0n) is 15.1. The third kappa shape index (κ3) is 3.88. The van der Waals surface area contributed by atoms with Crippen LogP contribution in [0.15, 0.2) is 18.2 Å². The number of carboxylic acids is 2. The second-order valence-electron chi connectivity index (χ2n) is 8.35. The number of benzene rings is 1. The maximum Gasteiger partial charge on any atom is 0.414 e. The van der Waals surface area contributed by atoms with E-state index < -0.39 is 11.9 Å². The van der Waals surface area contributed by atoms with Gasteiger partial charge in [-0.15, -0.1) is 0 Å². The smallest absolute Gasteiger partial charge is 0.414 e. The molecule has 1 aromatic rings. The van der Waals surface area contributed by atoms with Gasteiger partial charge >= 0.3 is 11.9 Å². The van der Waals surface area contributed by atoms with Crippen molar-refractivity contribution in [1.29, 1.82) is 0 Å². The fourth-order valence-electron chi connectivity index (χ4n) is 5.67. The maximum atomic E-state index is 9.10. The van der Waals surface area contributed by atoms with E-state index in [4.69, 9.17) is 29.3 Å². The van der Waals surface area contributed by atoms with Gasteiger partial charge in [0, 0.05) is 12.1 Å². The van der Waals surface area contributed by atoms with Crippen molar-refractivity contribution in [3.63, 3.8) is 0 Å². The third-order valence-electron chi connectivity index (χ3n) is 6.33. The molecule has 27 heavy (non-hydrogen) atoms. The lowest BCUT2D eigenvalue weighted by molar-refractivity contribution is -0.159. The van der Waals surface area contributed by atoms with Crippen LogP contribution in [0.1, 0.15) is 44.1 Å². The Morgan fingerprint density at radius 2 is 1.52 bits per heavy atom. The minimum absolute atomic E-state index is 0.362. The van der Waals surface area contributed by atoms with E-state index in [2.05, 4.69) is 17.4 Å². The van der Waals surface area contributed by atoms with E-state index in [9.17, 15) is 0 Å². The number of ether oxygens (including phenoxy) is 2. The lowest BCUT2D eigenvalue weighted by atomic mass is 9.53. The van der Waals surface area contributed by atoms with Crippen molar-refractivity contribution in [3.05, 3.63) is 23.8 Å². The van der Waals surface area contributed by atoms with Gasteiger partial charge in [-0.3, -0.25) is 0 Å². The monoisotopic (exact) mass is 375 g/mol. The molecular formula is C20H25NO6. The second-order valence-corrected chi connectivity index (χ2v) is 8.35. The molecule has 5 aliphatic rings. The predicted octanol–water partition coefficient (Wildman–Crippen LogP) is 2.63. The van der Waals surface area contributed by atoms with Gasteiger partial charge in [0.25, 0.3) is 0 Å². The molecule has 7 nitrogen and oxygen atoms in total.